The molecule has 0 bridgehead atoms. The van der Waals surface area contributed by atoms with Gasteiger partial charge in [0.15, 0.2) is 0 Å². The number of aromatic nitrogens is 2. The summed E-state index contributed by atoms with van der Waals surface area (Å²) in [5.74, 6) is 0.768. The second-order valence-electron chi connectivity index (χ2n) is 5.63. The molecule has 2 aromatic rings. The number of fused-ring (bicyclic) bond motifs is 1. The smallest absolute Gasteiger partial charge is 0.306 e. The number of hydrogen-bond acceptors (Lipinski definition) is 3. The summed E-state index contributed by atoms with van der Waals surface area (Å²) in [4.78, 5) is 21.4. The molecular formula is C16H15ClF3N3O. The van der Waals surface area contributed by atoms with E-state index in [1.165, 1.54) is 12.1 Å². The van der Waals surface area contributed by atoms with Crippen molar-refractivity contribution in [3.63, 3.8) is 0 Å². The lowest BCUT2D eigenvalue weighted by Gasteiger charge is -2.26. The Morgan fingerprint density at radius 1 is 1.25 bits per heavy atom. The highest BCUT2D eigenvalue weighted by Crippen LogP contribution is 2.30. The van der Waals surface area contributed by atoms with Gasteiger partial charge in [-0.05, 0) is 18.6 Å². The molecule has 3 rings (SSSR count). The number of nitrogens with zero attached hydrogens (tertiary/aromatic N) is 2. The first-order valence-corrected chi connectivity index (χ1v) is 8.00. The average molecular weight is 358 g/mol. The molecule has 0 radical (unpaired) electrons. The number of benzene rings is 1. The highest BCUT2D eigenvalue weighted by atomic mass is 35.5. The van der Waals surface area contributed by atoms with Crippen molar-refractivity contribution in [2.24, 2.45) is 0 Å². The van der Waals surface area contributed by atoms with Crippen LogP contribution in [0.3, 0.4) is 0 Å². The Hall–Kier alpha value is -1.86. The van der Waals surface area contributed by atoms with Crippen molar-refractivity contribution in [1.29, 1.82) is 0 Å². The molecule has 1 aliphatic rings. The molecular weight excluding hydrogens is 343 g/mol. The van der Waals surface area contributed by atoms with Crippen LogP contribution in [0.5, 0.6) is 0 Å². The first-order chi connectivity index (χ1) is 11.4. The highest BCUT2D eigenvalue weighted by Gasteiger charge is 2.30. The monoisotopic (exact) mass is 357 g/mol. The van der Waals surface area contributed by atoms with E-state index >= 15 is 0 Å². The van der Waals surface area contributed by atoms with Crippen LogP contribution in [-0.4, -0.2) is 33.8 Å². The lowest BCUT2D eigenvalue weighted by atomic mass is 10.1. The van der Waals surface area contributed by atoms with Gasteiger partial charge in [-0.3, -0.25) is 9.69 Å². The molecule has 0 amide bonds. The lowest BCUT2D eigenvalue weighted by Crippen LogP contribution is -2.36. The SMILES string of the molecule is O=c1[nH]c(-c2ccc(C(F)(F)F)cc2)nc2c1CCN(CCCl)C2. The first-order valence-electron chi connectivity index (χ1n) is 7.46. The standard InChI is InChI=1S/C16H15ClF3N3O/c17-6-8-23-7-5-12-13(9-23)21-14(22-15(12)24)10-1-3-11(4-2-10)16(18,19)20/h1-4H,5-9H2,(H,21,22,24). The molecule has 4 nitrogen and oxygen atoms in total. The van der Waals surface area contributed by atoms with Crippen LogP contribution < -0.4 is 5.56 Å². The van der Waals surface area contributed by atoms with Crippen molar-refractivity contribution in [1.82, 2.24) is 14.9 Å². The third-order valence-electron chi connectivity index (χ3n) is 4.04. The van der Waals surface area contributed by atoms with Gasteiger partial charge in [-0.1, -0.05) is 12.1 Å². The Morgan fingerprint density at radius 3 is 2.58 bits per heavy atom. The number of halogens is 4. The van der Waals surface area contributed by atoms with E-state index in [-0.39, 0.29) is 11.4 Å². The molecule has 0 fully saturated rings. The van der Waals surface area contributed by atoms with Gasteiger partial charge >= 0.3 is 6.18 Å². The van der Waals surface area contributed by atoms with Crippen LogP contribution in [0.4, 0.5) is 13.2 Å². The maximum Gasteiger partial charge on any atom is 0.416 e. The lowest BCUT2D eigenvalue weighted by molar-refractivity contribution is -0.137. The van der Waals surface area contributed by atoms with Gasteiger partial charge in [0.25, 0.3) is 5.56 Å². The topological polar surface area (TPSA) is 49.0 Å². The van der Waals surface area contributed by atoms with Crippen LogP contribution in [0, 0.1) is 0 Å². The molecule has 128 valence electrons. The third-order valence-corrected chi connectivity index (χ3v) is 4.21. The fraction of sp³-hybridized carbons (Fsp3) is 0.375. The zero-order valence-electron chi connectivity index (χ0n) is 12.7. The van der Waals surface area contributed by atoms with Crippen LogP contribution in [-0.2, 0) is 19.1 Å². The van der Waals surface area contributed by atoms with Crippen molar-refractivity contribution in [2.45, 2.75) is 19.1 Å². The first kappa shape index (κ1) is 17.0. The second kappa shape index (κ2) is 6.57. The molecule has 0 saturated carbocycles. The third kappa shape index (κ3) is 3.47. The van der Waals surface area contributed by atoms with Crippen LogP contribution >= 0.6 is 11.6 Å². The highest BCUT2D eigenvalue weighted by molar-refractivity contribution is 6.18. The minimum absolute atomic E-state index is 0.236. The van der Waals surface area contributed by atoms with Gasteiger partial charge < -0.3 is 4.98 Å². The number of hydrogen-bond donors (Lipinski definition) is 1. The van der Waals surface area contributed by atoms with Gasteiger partial charge in [-0.25, -0.2) is 4.98 Å². The zero-order valence-corrected chi connectivity index (χ0v) is 13.4. The molecule has 1 N–H and O–H groups in total. The Bertz CT molecular complexity index is 787. The largest absolute Gasteiger partial charge is 0.416 e. The van der Waals surface area contributed by atoms with E-state index < -0.39 is 11.7 Å². The number of aromatic amines is 1. The van der Waals surface area contributed by atoms with Gasteiger partial charge in [0.2, 0.25) is 0 Å². The Labute approximate surface area is 141 Å². The minimum atomic E-state index is -4.39. The van der Waals surface area contributed by atoms with E-state index in [9.17, 15) is 18.0 Å². The van der Waals surface area contributed by atoms with Gasteiger partial charge in [0.1, 0.15) is 5.82 Å². The summed E-state index contributed by atoms with van der Waals surface area (Å²) < 4.78 is 37.9. The summed E-state index contributed by atoms with van der Waals surface area (Å²) in [5.41, 5.74) is 0.763. The van der Waals surface area contributed by atoms with E-state index in [1.54, 1.807) is 0 Å². The van der Waals surface area contributed by atoms with E-state index in [2.05, 4.69) is 14.9 Å². The van der Waals surface area contributed by atoms with E-state index in [0.29, 0.717) is 42.2 Å². The van der Waals surface area contributed by atoms with Gasteiger partial charge in [0, 0.05) is 36.6 Å². The zero-order chi connectivity index (χ0) is 17.3. The van der Waals surface area contributed by atoms with Gasteiger partial charge in [-0.15, -0.1) is 11.6 Å². The number of nitrogens with one attached hydrogen (secondary N) is 1. The van der Waals surface area contributed by atoms with Crippen LogP contribution in [0.25, 0.3) is 11.4 Å². The summed E-state index contributed by atoms with van der Waals surface area (Å²) in [6.45, 7) is 1.95. The normalized spacial score (nSPS) is 15.3. The van der Waals surface area contributed by atoms with Crippen molar-refractivity contribution < 1.29 is 13.2 Å². The Balaban J connectivity index is 1.94. The second-order valence-corrected chi connectivity index (χ2v) is 6.01. The molecule has 0 aliphatic carbocycles. The molecule has 0 spiro atoms. The predicted octanol–water partition coefficient (Wildman–Crippen LogP) is 3.05. The van der Waals surface area contributed by atoms with Gasteiger partial charge in [-0.2, -0.15) is 13.2 Å². The van der Waals surface area contributed by atoms with Crippen molar-refractivity contribution in [2.75, 3.05) is 19.0 Å². The average Bonchev–Trinajstić information content (AvgIpc) is 2.54. The van der Waals surface area contributed by atoms with E-state index in [0.717, 1.165) is 18.7 Å². The van der Waals surface area contributed by atoms with Gasteiger partial charge in [0.05, 0.1) is 11.3 Å². The van der Waals surface area contributed by atoms with Crippen LogP contribution in [0.2, 0.25) is 0 Å². The molecule has 2 heterocycles. The summed E-state index contributed by atoms with van der Waals surface area (Å²) >= 11 is 5.75. The fourth-order valence-corrected chi connectivity index (χ4v) is 3.00. The number of H-pyrrole nitrogens is 1. The van der Waals surface area contributed by atoms with E-state index in [4.69, 9.17) is 11.6 Å². The molecule has 8 heteroatoms. The number of rotatable bonds is 3. The minimum Gasteiger partial charge on any atom is -0.306 e. The molecule has 0 atom stereocenters. The molecule has 0 saturated heterocycles. The summed E-state index contributed by atoms with van der Waals surface area (Å²) in [7, 11) is 0. The molecule has 0 unspecified atom stereocenters. The van der Waals surface area contributed by atoms with Crippen molar-refractivity contribution >= 4 is 11.6 Å². The Kier molecular flexibility index (Phi) is 4.64. The summed E-state index contributed by atoms with van der Waals surface area (Å²) in [6.07, 6.45) is -3.81. The Morgan fingerprint density at radius 2 is 1.96 bits per heavy atom. The maximum absolute atomic E-state index is 12.6. The fourth-order valence-electron chi connectivity index (χ4n) is 2.76. The quantitative estimate of drug-likeness (QED) is 0.859. The molecule has 24 heavy (non-hydrogen) atoms. The van der Waals surface area contributed by atoms with Crippen LogP contribution in [0.1, 0.15) is 16.8 Å². The molecule has 1 aliphatic heterocycles. The molecule has 1 aromatic heterocycles. The molecule has 1 aromatic carbocycles. The van der Waals surface area contributed by atoms with Crippen molar-refractivity contribution in [3.8, 4) is 11.4 Å². The number of alkyl halides is 4. The summed E-state index contributed by atoms with van der Waals surface area (Å²) in [6, 6.07) is 4.59. The predicted molar refractivity (Wildman–Crippen MR) is 85.0 cm³/mol. The van der Waals surface area contributed by atoms with Crippen LogP contribution in [0.15, 0.2) is 29.1 Å². The van der Waals surface area contributed by atoms with E-state index in [1.807, 2.05) is 0 Å². The van der Waals surface area contributed by atoms with Crippen molar-refractivity contribution in [3.05, 3.63) is 51.4 Å². The maximum atomic E-state index is 12.6. The summed E-state index contributed by atoms with van der Waals surface area (Å²) in [5, 5.41) is 0.